The third-order valence-electron chi connectivity index (χ3n) is 6.07. The fourth-order valence-corrected chi connectivity index (χ4v) is 4.29. The van der Waals surface area contributed by atoms with Gasteiger partial charge in [0.1, 0.15) is 5.75 Å². The molecular formula is C32H31BrN2O3. The molecule has 194 valence electrons. The summed E-state index contributed by atoms with van der Waals surface area (Å²) in [6.45, 7) is 6.85. The molecule has 0 aliphatic heterocycles. The number of anilines is 2. The van der Waals surface area contributed by atoms with Gasteiger partial charge in [0.15, 0.2) is 0 Å². The van der Waals surface area contributed by atoms with Gasteiger partial charge in [0, 0.05) is 27.8 Å². The zero-order valence-corrected chi connectivity index (χ0v) is 23.3. The second kappa shape index (κ2) is 12.1. The molecule has 0 saturated heterocycles. The number of hydrogen-bond donors (Lipinski definition) is 2. The number of nitrogens with one attached hydrogen (secondary N) is 2. The average Bonchev–Trinajstić information content (AvgIpc) is 2.90. The van der Waals surface area contributed by atoms with Gasteiger partial charge >= 0.3 is 0 Å². The fourth-order valence-electron chi connectivity index (χ4n) is 3.93. The molecule has 4 aromatic carbocycles. The molecule has 0 fully saturated rings. The molecule has 0 aliphatic rings. The molecule has 0 atom stereocenters. The Morgan fingerprint density at radius 1 is 0.763 bits per heavy atom. The van der Waals surface area contributed by atoms with Crippen molar-refractivity contribution in [3.05, 3.63) is 124 Å². The Labute approximate surface area is 232 Å². The lowest BCUT2D eigenvalue weighted by Gasteiger charge is -2.19. The van der Waals surface area contributed by atoms with Gasteiger partial charge in [-0.25, -0.2) is 0 Å². The molecular weight excluding hydrogens is 540 g/mol. The zero-order valence-electron chi connectivity index (χ0n) is 21.8. The Kier molecular flexibility index (Phi) is 8.64. The summed E-state index contributed by atoms with van der Waals surface area (Å²) in [4.78, 5) is 26.0. The lowest BCUT2D eigenvalue weighted by molar-refractivity contribution is 0.101. The summed E-state index contributed by atoms with van der Waals surface area (Å²) in [6.07, 6.45) is 0.735. The molecule has 38 heavy (non-hydrogen) atoms. The number of amides is 2. The largest absolute Gasteiger partial charge is 0.492 e. The predicted octanol–water partition coefficient (Wildman–Crippen LogP) is 7.87. The van der Waals surface area contributed by atoms with Crippen LogP contribution in [0.15, 0.2) is 102 Å². The van der Waals surface area contributed by atoms with E-state index < -0.39 is 0 Å². The molecule has 0 bridgehead atoms. The van der Waals surface area contributed by atoms with E-state index in [0.717, 1.165) is 16.5 Å². The van der Waals surface area contributed by atoms with Crippen molar-refractivity contribution >= 4 is 39.1 Å². The van der Waals surface area contributed by atoms with Crippen LogP contribution in [-0.4, -0.2) is 18.4 Å². The Morgan fingerprint density at radius 3 is 2.08 bits per heavy atom. The first-order valence-corrected chi connectivity index (χ1v) is 13.3. The number of rotatable bonds is 8. The fraction of sp³-hybridized carbons (Fsp3) is 0.188. The van der Waals surface area contributed by atoms with Gasteiger partial charge in [0.25, 0.3) is 11.8 Å². The van der Waals surface area contributed by atoms with E-state index in [-0.39, 0.29) is 17.2 Å². The van der Waals surface area contributed by atoms with Crippen LogP contribution in [0.5, 0.6) is 5.75 Å². The highest BCUT2D eigenvalue weighted by Crippen LogP contribution is 2.26. The summed E-state index contributed by atoms with van der Waals surface area (Å²) in [6, 6.07) is 30.1. The minimum atomic E-state index is -0.303. The number of hydrogen-bond acceptors (Lipinski definition) is 3. The third kappa shape index (κ3) is 7.33. The summed E-state index contributed by atoms with van der Waals surface area (Å²) >= 11 is 3.45. The molecule has 0 aliphatic carbocycles. The topological polar surface area (TPSA) is 67.4 Å². The third-order valence-corrected chi connectivity index (χ3v) is 6.56. The average molecular weight is 572 g/mol. The quantitative estimate of drug-likeness (QED) is 0.226. The van der Waals surface area contributed by atoms with Crippen LogP contribution in [-0.2, 0) is 11.8 Å². The van der Waals surface area contributed by atoms with Gasteiger partial charge < -0.3 is 15.4 Å². The molecule has 0 unspecified atom stereocenters. The molecule has 5 nitrogen and oxygen atoms in total. The summed E-state index contributed by atoms with van der Waals surface area (Å²) in [5.41, 5.74) is 4.48. The van der Waals surface area contributed by atoms with Crippen LogP contribution in [0.25, 0.3) is 0 Å². The zero-order chi connectivity index (χ0) is 27.1. The number of carbonyl (C=O) groups excluding carboxylic acids is 2. The number of ether oxygens (including phenoxy) is 1. The molecule has 6 heteroatoms. The van der Waals surface area contributed by atoms with E-state index in [2.05, 4.69) is 47.3 Å². The normalized spacial score (nSPS) is 11.1. The Morgan fingerprint density at radius 2 is 1.42 bits per heavy atom. The van der Waals surface area contributed by atoms with E-state index in [1.54, 1.807) is 36.4 Å². The van der Waals surface area contributed by atoms with E-state index in [4.69, 9.17) is 4.74 Å². The summed E-state index contributed by atoms with van der Waals surface area (Å²) in [7, 11) is 0. The van der Waals surface area contributed by atoms with Crippen molar-refractivity contribution in [3.8, 4) is 5.75 Å². The van der Waals surface area contributed by atoms with Gasteiger partial charge in [-0.15, -0.1) is 0 Å². The monoisotopic (exact) mass is 570 g/mol. The van der Waals surface area contributed by atoms with Crippen molar-refractivity contribution in [2.45, 2.75) is 32.6 Å². The second-order valence-corrected chi connectivity index (χ2v) is 11.0. The van der Waals surface area contributed by atoms with Gasteiger partial charge in [-0.05, 0) is 65.1 Å². The van der Waals surface area contributed by atoms with Crippen LogP contribution < -0.4 is 15.4 Å². The van der Waals surface area contributed by atoms with Crippen molar-refractivity contribution in [1.82, 2.24) is 0 Å². The molecule has 2 amide bonds. The summed E-state index contributed by atoms with van der Waals surface area (Å²) in [5.74, 6) is -0.0120. The van der Waals surface area contributed by atoms with Gasteiger partial charge in [0.05, 0.1) is 12.2 Å². The highest BCUT2D eigenvalue weighted by Gasteiger charge is 2.16. The maximum Gasteiger partial charge on any atom is 0.259 e. The first-order chi connectivity index (χ1) is 18.2. The van der Waals surface area contributed by atoms with Crippen molar-refractivity contribution in [1.29, 1.82) is 0 Å². The molecule has 0 spiro atoms. The first kappa shape index (κ1) is 27.1. The van der Waals surface area contributed by atoms with Crippen LogP contribution in [0.4, 0.5) is 11.4 Å². The van der Waals surface area contributed by atoms with Crippen LogP contribution in [0.2, 0.25) is 0 Å². The van der Waals surface area contributed by atoms with Crippen LogP contribution >= 0.6 is 15.9 Å². The minimum absolute atomic E-state index is 0.0166. The SMILES string of the molecule is CC(C)(C)c1ccc(C(=O)Nc2cccc(NC(=O)c3cc(Br)ccc3OCCc3ccccc3)c2)cc1. The summed E-state index contributed by atoms with van der Waals surface area (Å²) in [5, 5.41) is 5.83. The molecule has 0 heterocycles. The lowest BCUT2D eigenvalue weighted by Crippen LogP contribution is -2.16. The summed E-state index contributed by atoms with van der Waals surface area (Å²) < 4.78 is 6.75. The van der Waals surface area contributed by atoms with Gasteiger partial charge in [-0.1, -0.05) is 85.2 Å². The van der Waals surface area contributed by atoms with Crippen LogP contribution in [0.3, 0.4) is 0 Å². The molecule has 4 rings (SSSR count). The molecule has 4 aromatic rings. The van der Waals surface area contributed by atoms with Crippen LogP contribution in [0.1, 0.15) is 52.6 Å². The van der Waals surface area contributed by atoms with Gasteiger partial charge in [-0.3, -0.25) is 9.59 Å². The smallest absolute Gasteiger partial charge is 0.259 e. The predicted molar refractivity (Wildman–Crippen MR) is 157 cm³/mol. The van der Waals surface area contributed by atoms with Gasteiger partial charge in [0.2, 0.25) is 0 Å². The van der Waals surface area contributed by atoms with E-state index in [0.29, 0.717) is 34.9 Å². The van der Waals surface area contributed by atoms with Crippen molar-refractivity contribution in [2.24, 2.45) is 0 Å². The standard InChI is InChI=1S/C32H31BrN2O3/c1-32(2,3)24-14-12-23(13-15-24)30(36)34-26-10-7-11-27(21-26)35-31(37)28-20-25(33)16-17-29(28)38-19-18-22-8-5-4-6-9-22/h4-17,20-21H,18-19H2,1-3H3,(H,34,36)(H,35,37). The van der Waals surface area contributed by atoms with E-state index >= 15 is 0 Å². The van der Waals surface area contributed by atoms with E-state index in [1.807, 2.05) is 60.7 Å². The Balaban J connectivity index is 1.42. The number of benzene rings is 4. The molecule has 2 N–H and O–H groups in total. The highest BCUT2D eigenvalue weighted by molar-refractivity contribution is 9.10. The maximum absolute atomic E-state index is 13.2. The Hall–Kier alpha value is -3.90. The number of carbonyl (C=O) groups is 2. The van der Waals surface area contributed by atoms with E-state index in [1.165, 1.54) is 5.56 Å². The Bertz CT molecular complexity index is 1410. The van der Waals surface area contributed by atoms with Gasteiger partial charge in [-0.2, -0.15) is 0 Å². The molecule has 0 radical (unpaired) electrons. The van der Waals surface area contributed by atoms with Crippen molar-refractivity contribution in [3.63, 3.8) is 0 Å². The second-order valence-electron chi connectivity index (χ2n) is 10.0. The first-order valence-electron chi connectivity index (χ1n) is 12.5. The minimum Gasteiger partial charge on any atom is -0.492 e. The van der Waals surface area contributed by atoms with Crippen molar-refractivity contribution in [2.75, 3.05) is 17.2 Å². The highest BCUT2D eigenvalue weighted by atomic mass is 79.9. The van der Waals surface area contributed by atoms with Crippen LogP contribution in [0, 0.1) is 0 Å². The number of halogens is 1. The molecule has 0 saturated carbocycles. The van der Waals surface area contributed by atoms with E-state index in [9.17, 15) is 9.59 Å². The maximum atomic E-state index is 13.2. The molecule has 0 aromatic heterocycles. The lowest BCUT2D eigenvalue weighted by atomic mass is 9.87. The van der Waals surface area contributed by atoms with Crippen molar-refractivity contribution < 1.29 is 14.3 Å².